The van der Waals surface area contributed by atoms with Gasteiger partial charge in [0.2, 0.25) is 5.88 Å². The van der Waals surface area contributed by atoms with E-state index in [4.69, 9.17) is 14.7 Å². The Morgan fingerprint density at radius 1 is 0.560 bits per heavy atom. The van der Waals surface area contributed by atoms with E-state index in [0.717, 1.165) is 66.5 Å². The van der Waals surface area contributed by atoms with Crippen LogP contribution in [0.5, 0.6) is 17.4 Å². The molecule has 0 unspecified atom stereocenters. The van der Waals surface area contributed by atoms with Gasteiger partial charge in [-0.25, -0.2) is 9.97 Å². The molecule has 9 aromatic rings. The summed E-state index contributed by atoms with van der Waals surface area (Å²) in [7, 11) is 0. The molecule has 6 aromatic carbocycles. The molecule has 0 spiro atoms. The van der Waals surface area contributed by atoms with E-state index in [0.29, 0.717) is 17.1 Å². The number of hydrogen-bond acceptors (Lipinski definition) is 4. The second kappa shape index (κ2) is 13.1. The normalized spacial score (nSPS) is 11.1. The van der Waals surface area contributed by atoms with Crippen molar-refractivity contribution in [1.82, 2.24) is 14.5 Å². The number of nitrogens with zero attached hydrogens (tertiary/aromatic N) is 3. The van der Waals surface area contributed by atoms with E-state index in [-0.39, 0.29) is 26.8 Å². The minimum Gasteiger partial charge on any atom is -0.506 e. The number of aromatic hydroxyl groups is 1. The summed E-state index contributed by atoms with van der Waals surface area (Å²) in [6, 6.07) is 58.3. The second-order valence-electron chi connectivity index (χ2n) is 11.9. The minimum atomic E-state index is 0. The van der Waals surface area contributed by atoms with Crippen molar-refractivity contribution in [2.24, 2.45) is 0 Å². The molecule has 1 N–H and O–H groups in total. The summed E-state index contributed by atoms with van der Waals surface area (Å²) in [5.41, 5.74) is 8.18. The smallest absolute Gasteiger partial charge is 0.217 e. The van der Waals surface area contributed by atoms with Gasteiger partial charge >= 0.3 is 0 Å². The van der Waals surface area contributed by atoms with Crippen LogP contribution in [0.4, 0.5) is 0 Å². The van der Waals surface area contributed by atoms with E-state index < -0.39 is 0 Å². The molecule has 0 saturated heterocycles. The summed E-state index contributed by atoms with van der Waals surface area (Å²) in [5.74, 6) is 1.74. The molecule has 242 valence electrons. The van der Waals surface area contributed by atoms with Crippen LogP contribution in [0.3, 0.4) is 0 Å². The molecule has 9 rings (SSSR count). The average molecular weight is 826 g/mol. The maximum Gasteiger partial charge on any atom is 0.217 e. The molecule has 5 nitrogen and oxygen atoms in total. The van der Waals surface area contributed by atoms with Crippen LogP contribution in [-0.4, -0.2) is 19.6 Å². The van der Waals surface area contributed by atoms with Crippen molar-refractivity contribution in [2.45, 2.75) is 0 Å². The molecule has 0 amide bonds. The first-order valence-corrected chi connectivity index (χ1v) is 16.2. The van der Waals surface area contributed by atoms with Crippen LogP contribution < -0.4 is 4.74 Å². The van der Waals surface area contributed by atoms with Gasteiger partial charge in [-0.3, -0.25) is 0 Å². The zero-order chi connectivity index (χ0) is 32.7. The molecule has 3 heterocycles. The average Bonchev–Trinajstić information content (AvgIpc) is 3.49. The van der Waals surface area contributed by atoms with Crippen molar-refractivity contribution in [3.8, 4) is 56.7 Å². The Balaban J connectivity index is 0.00000361. The third-order valence-electron chi connectivity index (χ3n) is 8.87. The van der Waals surface area contributed by atoms with E-state index >= 15 is 0 Å². The van der Waals surface area contributed by atoms with Gasteiger partial charge in [0.05, 0.1) is 5.69 Å². The molecule has 0 aliphatic rings. The molecular weight excluding hydrogens is 798 g/mol. The molecule has 0 aliphatic carbocycles. The quantitative estimate of drug-likeness (QED) is 0.170. The molecule has 6 heteroatoms. The maximum atomic E-state index is 10.6. The van der Waals surface area contributed by atoms with Crippen molar-refractivity contribution >= 4 is 32.7 Å². The summed E-state index contributed by atoms with van der Waals surface area (Å²) in [6.45, 7) is 0. The topological polar surface area (TPSA) is 60.2 Å². The molecule has 50 heavy (non-hydrogen) atoms. The molecule has 0 aliphatic heterocycles. The number of benzene rings is 6. The van der Waals surface area contributed by atoms with Gasteiger partial charge in [-0.1, -0.05) is 149 Å². The fourth-order valence-corrected chi connectivity index (χ4v) is 6.70. The fraction of sp³-hybridized carbons (Fsp3) is 0. The zero-order valence-corrected chi connectivity index (χ0v) is 28.9. The van der Waals surface area contributed by atoms with Crippen LogP contribution in [0.25, 0.3) is 72.0 Å². The van der Waals surface area contributed by atoms with E-state index in [2.05, 4.69) is 83.4 Å². The third-order valence-corrected chi connectivity index (χ3v) is 8.87. The number of fused-ring (bicyclic) bond motifs is 4. The maximum absolute atomic E-state index is 10.6. The molecule has 0 fully saturated rings. The molecule has 0 bridgehead atoms. The van der Waals surface area contributed by atoms with Gasteiger partial charge in [0.1, 0.15) is 17.1 Å². The van der Waals surface area contributed by atoms with E-state index in [1.54, 1.807) is 12.1 Å². The van der Waals surface area contributed by atoms with Crippen LogP contribution >= 0.6 is 0 Å². The zero-order valence-electron chi connectivity index (χ0n) is 26.6. The summed E-state index contributed by atoms with van der Waals surface area (Å²) < 4.78 is 8.94. The second-order valence-corrected chi connectivity index (χ2v) is 11.9. The van der Waals surface area contributed by atoms with Gasteiger partial charge in [0.25, 0.3) is 0 Å². The van der Waals surface area contributed by atoms with Crippen LogP contribution in [0.1, 0.15) is 0 Å². The Kier molecular flexibility index (Phi) is 8.20. The van der Waals surface area contributed by atoms with E-state index in [9.17, 15) is 5.11 Å². The van der Waals surface area contributed by atoms with Gasteiger partial charge in [-0.2, -0.15) is 0 Å². The first kappa shape index (κ1) is 31.2. The van der Waals surface area contributed by atoms with Crippen molar-refractivity contribution in [2.75, 3.05) is 0 Å². The van der Waals surface area contributed by atoms with Gasteiger partial charge in [-0.15, -0.1) is 11.6 Å². The standard InChI is InChI=1S/C44H28N3O2.Pt/c48-37-24-12-20-32-26-27-40(46-44(32)37)49-38-28-36-43(42(31-18-8-3-9-19-31)41(38)30-16-6-2-7-17-30)33-21-10-11-23-35(33)47(36)39-25-13-22-34(45-39)29-14-4-1-5-15-29;/h1-27,48H;/q-1;. The van der Waals surface area contributed by atoms with Crippen LogP contribution in [0, 0.1) is 6.07 Å². The summed E-state index contributed by atoms with van der Waals surface area (Å²) in [6.07, 6.45) is 0. The van der Waals surface area contributed by atoms with Crippen molar-refractivity contribution < 1.29 is 30.9 Å². The Morgan fingerprint density at radius 3 is 1.94 bits per heavy atom. The van der Waals surface area contributed by atoms with Gasteiger partial charge < -0.3 is 14.4 Å². The van der Waals surface area contributed by atoms with Gasteiger partial charge in [-0.05, 0) is 41.3 Å². The fourth-order valence-electron chi connectivity index (χ4n) is 6.70. The number of rotatable bonds is 6. The predicted octanol–water partition coefficient (Wildman–Crippen LogP) is 11.0. The molecule has 0 saturated carbocycles. The number of ether oxygens (including phenoxy) is 1. The summed E-state index contributed by atoms with van der Waals surface area (Å²) >= 11 is 0. The van der Waals surface area contributed by atoms with E-state index in [1.165, 1.54) is 0 Å². The first-order chi connectivity index (χ1) is 24.2. The monoisotopic (exact) mass is 825 g/mol. The van der Waals surface area contributed by atoms with Crippen molar-refractivity contribution in [3.63, 3.8) is 0 Å². The Hall–Kier alpha value is -6.03. The van der Waals surface area contributed by atoms with Crippen molar-refractivity contribution in [3.05, 3.63) is 170 Å². The summed E-state index contributed by atoms with van der Waals surface area (Å²) in [5, 5.41) is 13.6. The predicted molar refractivity (Wildman–Crippen MR) is 197 cm³/mol. The first-order valence-electron chi connectivity index (χ1n) is 16.2. The minimum absolute atomic E-state index is 0. The Labute approximate surface area is 303 Å². The molecular formula is C44H28N3O2Pt-. The van der Waals surface area contributed by atoms with E-state index in [1.807, 2.05) is 78.9 Å². The third kappa shape index (κ3) is 5.42. The van der Waals surface area contributed by atoms with Gasteiger partial charge in [0, 0.05) is 49.3 Å². The number of aromatic nitrogens is 3. The number of phenols is 1. The van der Waals surface area contributed by atoms with Crippen molar-refractivity contribution in [1.29, 1.82) is 0 Å². The van der Waals surface area contributed by atoms with Crippen LogP contribution in [-0.2, 0) is 21.1 Å². The number of para-hydroxylation sites is 2. The largest absolute Gasteiger partial charge is 0.506 e. The molecule has 0 atom stereocenters. The number of hydrogen-bond donors (Lipinski definition) is 1. The van der Waals surface area contributed by atoms with Gasteiger partial charge in [0.15, 0.2) is 0 Å². The number of phenolic OH excluding ortho intramolecular Hbond substituents is 1. The Bertz CT molecular complexity index is 2640. The van der Waals surface area contributed by atoms with Crippen LogP contribution in [0.2, 0.25) is 0 Å². The van der Waals surface area contributed by atoms with Crippen LogP contribution in [0.15, 0.2) is 164 Å². The number of pyridine rings is 2. The molecule has 0 radical (unpaired) electrons. The Morgan fingerprint density at radius 2 is 1.20 bits per heavy atom. The molecule has 3 aromatic heterocycles. The SMILES string of the molecule is Oc1cccc2ccc(Oc3[c-]c4c(c(-c5ccccc5)c3-c3ccccc3)c3ccccc3n4-c3cccc(-c4ccccc4)n3)nc12.[Pt]. The summed E-state index contributed by atoms with van der Waals surface area (Å²) in [4.78, 5) is 9.93.